The quantitative estimate of drug-likeness (QED) is 0.695. The summed E-state index contributed by atoms with van der Waals surface area (Å²) in [6, 6.07) is -0.219. The molecule has 2 unspecified atom stereocenters. The van der Waals surface area contributed by atoms with E-state index in [2.05, 4.69) is 19.2 Å². The third-order valence-electron chi connectivity index (χ3n) is 3.76. The largest absolute Gasteiger partial charge is 0.466 e. The van der Waals surface area contributed by atoms with Crippen LogP contribution in [0.25, 0.3) is 0 Å². The molecule has 1 aliphatic rings. The zero-order valence-corrected chi connectivity index (χ0v) is 13.4. The van der Waals surface area contributed by atoms with Gasteiger partial charge in [0.15, 0.2) is 0 Å². The molecule has 0 saturated carbocycles. The zero-order chi connectivity index (χ0) is 15.8. The molecule has 21 heavy (non-hydrogen) atoms. The van der Waals surface area contributed by atoms with Gasteiger partial charge in [-0.2, -0.15) is 0 Å². The topological polar surface area (TPSA) is 84.7 Å². The second-order valence-electron chi connectivity index (χ2n) is 6.19. The summed E-state index contributed by atoms with van der Waals surface area (Å²) in [5.74, 6) is 0.556. The first-order valence-corrected chi connectivity index (χ1v) is 7.85. The van der Waals surface area contributed by atoms with Gasteiger partial charge in [0.05, 0.1) is 13.0 Å². The molecular weight excluding hydrogens is 270 g/mol. The van der Waals surface area contributed by atoms with E-state index in [1.807, 2.05) is 0 Å². The maximum atomic E-state index is 11.6. The molecule has 1 rings (SSSR count). The highest BCUT2D eigenvalue weighted by atomic mass is 16.5. The first-order chi connectivity index (χ1) is 9.92. The average Bonchev–Trinajstić information content (AvgIpc) is 2.38. The Labute approximate surface area is 127 Å². The summed E-state index contributed by atoms with van der Waals surface area (Å²) in [4.78, 5) is 24.7. The van der Waals surface area contributed by atoms with Crippen LogP contribution in [-0.4, -0.2) is 49.2 Å². The number of carbonyl (C=O) groups excluding carboxylic acids is 2. The molecule has 2 amide bonds. The lowest BCUT2D eigenvalue weighted by molar-refractivity contribution is -0.144. The fraction of sp³-hybridized carbons (Fsp3) is 0.867. The predicted octanol–water partition coefficient (Wildman–Crippen LogP) is 1.34. The van der Waals surface area contributed by atoms with E-state index >= 15 is 0 Å². The lowest BCUT2D eigenvalue weighted by atomic mass is 9.91. The van der Waals surface area contributed by atoms with Crippen molar-refractivity contribution in [1.82, 2.24) is 10.2 Å². The van der Waals surface area contributed by atoms with Gasteiger partial charge in [-0.15, -0.1) is 0 Å². The predicted molar refractivity (Wildman–Crippen MR) is 81.8 cm³/mol. The molecule has 2 atom stereocenters. The van der Waals surface area contributed by atoms with Crippen molar-refractivity contribution in [2.45, 2.75) is 46.1 Å². The second-order valence-corrected chi connectivity index (χ2v) is 6.19. The van der Waals surface area contributed by atoms with Gasteiger partial charge in [0.25, 0.3) is 0 Å². The number of nitrogens with two attached hydrogens (primary N) is 1. The molecule has 6 heteroatoms. The van der Waals surface area contributed by atoms with E-state index in [1.54, 1.807) is 11.8 Å². The molecule has 1 heterocycles. The van der Waals surface area contributed by atoms with E-state index in [1.165, 1.54) is 0 Å². The number of amides is 2. The van der Waals surface area contributed by atoms with Crippen molar-refractivity contribution in [2.75, 3.05) is 26.2 Å². The van der Waals surface area contributed by atoms with Crippen LogP contribution in [0, 0.1) is 11.8 Å². The summed E-state index contributed by atoms with van der Waals surface area (Å²) < 4.78 is 4.99. The number of ether oxygens (including phenoxy) is 1. The first-order valence-electron chi connectivity index (χ1n) is 7.85. The van der Waals surface area contributed by atoms with Crippen LogP contribution in [0.15, 0.2) is 0 Å². The number of primary amides is 1. The molecule has 122 valence electrons. The van der Waals surface area contributed by atoms with E-state index in [0.717, 1.165) is 19.4 Å². The molecule has 0 radical (unpaired) electrons. The normalized spacial score (nSPS) is 22.4. The van der Waals surface area contributed by atoms with Crippen molar-refractivity contribution in [3.63, 3.8) is 0 Å². The van der Waals surface area contributed by atoms with Gasteiger partial charge in [0.2, 0.25) is 0 Å². The van der Waals surface area contributed by atoms with Crippen molar-refractivity contribution in [3.05, 3.63) is 0 Å². The maximum absolute atomic E-state index is 11.6. The fourth-order valence-corrected chi connectivity index (χ4v) is 2.71. The number of hydrogen-bond acceptors (Lipinski definition) is 4. The van der Waals surface area contributed by atoms with E-state index in [4.69, 9.17) is 10.5 Å². The Hall–Kier alpha value is -1.30. The Morgan fingerprint density at radius 2 is 2.10 bits per heavy atom. The minimum absolute atomic E-state index is 0.113. The molecule has 1 aliphatic heterocycles. The third-order valence-corrected chi connectivity index (χ3v) is 3.76. The van der Waals surface area contributed by atoms with Crippen LogP contribution >= 0.6 is 0 Å². The molecule has 0 aromatic carbocycles. The molecule has 0 aromatic heterocycles. The molecule has 0 aliphatic carbocycles. The number of rotatable bonds is 7. The van der Waals surface area contributed by atoms with Crippen LogP contribution in [0.2, 0.25) is 0 Å². The average molecular weight is 299 g/mol. The zero-order valence-electron chi connectivity index (χ0n) is 13.4. The first kappa shape index (κ1) is 17.8. The van der Waals surface area contributed by atoms with Gasteiger partial charge in [-0.3, -0.25) is 4.79 Å². The number of urea groups is 1. The van der Waals surface area contributed by atoms with Gasteiger partial charge < -0.3 is 20.7 Å². The third kappa shape index (κ3) is 6.80. The Balaban J connectivity index is 2.51. The van der Waals surface area contributed by atoms with Crippen molar-refractivity contribution >= 4 is 12.0 Å². The highest BCUT2D eigenvalue weighted by Crippen LogP contribution is 2.20. The number of esters is 1. The molecule has 0 spiro atoms. The van der Waals surface area contributed by atoms with Gasteiger partial charge in [0, 0.05) is 19.1 Å². The van der Waals surface area contributed by atoms with Crippen molar-refractivity contribution in [1.29, 1.82) is 0 Å². The van der Waals surface area contributed by atoms with Gasteiger partial charge in [-0.05, 0) is 38.1 Å². The Morgan fingerprint density at radius 1 is 1.38 bits per heavy atom. The summed E-state index contributed by atoms with van der Waals surface area (Å²) in [5.41, 5.74) is 5.40. The molecule has 3 N–H and O–H groups in total. The van der Waals surface area contributed by atoms with Crippen molar-refractivity contribution in [2.24, 2.45) is 17.6 Å². The summed E-state index contributed by atoms with van der Waals surface area (Å²) >= 11 is 0. The minimum atomic E-state index is -0.417. The van der Waals surface area contributed by atoms with Gasteiger partial charge in [0.1, 0.15) is 0 Å². The van der Waals surface area contributed by atoms with Crippen molar-refractivity contribution < 1.29 is 14.3 Å². The molecule has 6 nitrogen and oxygen atoms in total. The number of likely N-dealkylation sites (tertiary alicyclic amines) is 1. The highest BCUT2D eigenvalue weighted by molar-refractivity contribution is 5.73. The second kappa shape index (κ2) is 8.87. The van der Waals surface area contributed by atoms with Gasteiger partial charge in [-0.1, -0.05) is 13.8 Å². The molecule has 1 saturated heterocycles. The monoisotopic (exact) mass is 299 g/mol. The van der Waals surface area contributed by atoms with Crippen LogP contribution in [0.3, 0.4) is 0 Å². The van der Waals surface area contributed by atoms with E-state index in [0.29, 0.717) is 32.0 Å². The van der Waals surface area contributed by atoms with E-state index in [-0.39, 0.29) is 17.9 Å². The highest BCUT2D eigenvalue weighted by Gasteiger charge is 2.30. The fourth-order valence-electron chi connectivity index (χ4n) is 2.71. The summed E-state index contributed by atoms with van der Waals surface area (Å²) in [6.45, 7) is 8.62. The molecular formula is C15H29N3O3. The standard InChI is InChI=1S/C15H29N3O3/c1-4-21-14(19)8-12-7-13(17-6-5-11(2)3)10-18(9-12)15(16)20/h11-13,17H,4-10H2,1-3H3,(H2,16,20). The maximum Gasteiger partial charge on any atom is 0.314 e. The number of hydrogen-bond donors (Lipinski definition) is 2. The van der Waals surface area contributed by atoms with Crippen LogP contribution in [0.1, 0.15) is 40.0 Å². The van der Waals surface area contributed by atoms with Gasteiger partial charge in [-0.25, -0.2) is 4.79 Å². The molecule has 0 aromatic rings. The minimum Gasteiger partial charge on any atom is -0.466 e. The summed E-state index contributed by atoms with van der Waals surface area (Å²) in [5, 5.41) is 3.47. The van der Waals surface area contributed by atoms with Crippen LogP contribution in [0.4, 0.5) is 4.79 Å². The summed E-state index contributed by atoms with van der Waals surface area (Å²) in [6.07, 6.45) is 2.32. The number of carbonyl (C=O) groups is 2. The van der Waals surface area contributed by atoms with Crippen LogP contribution in [0.5, 0.6) is 0 Å². The van der Waals surface area contributed by atoms with E-state index < -0.39 is 6.03 Å². The van der Waals surface area contributed by atoms with Gasteiger partial charge >= 0.3 is 12.0 Å². The number of nitrogens with zero attached hydrogens (tertiary/aromatic N) is 1. The van der Waals surface area contributed by atoms with Crippen LogP contribution < -0.4 is 11.1 Å². The Morgan fingerprint density at radius 3 is 2.67 bits per heavy atom. The Kier molecular flexibility index (Phi) is 7.50. The van der Waals surface area contributed by atoms with Crippen LogP contribution in [-0.2, 0) is 9.53 Å². The molecule has 0 bridgehead atoms. The Bertz CT molecular complexity index is 347. The number of nitrogens with one attached hydrogen (secondary N) is 1. The smallest absolute Gasteiger partial charge is 0.314 e. The van der Waals surface area contributed by atoms with Crippen molar-refractivity contribution in [3.8, 4) is 0 Å². The summed E-state index contributed by atoms with van der Waals surface area (Å²) in [7, 11) is 0. The SMILES string of the molecule is CCOC(=O)CC1CC(NCCC(C)C)CN(C(N)=O)C1. The van der Waals surface area contributed by atoms with E-state index in [9.17, 15) is 9.59 Å². The molecule has 1 fully saturated rings. The lowest BCUT2D eigenvalue weighted by Crippen LogP contribution is -2.53. The number of piperidine rings is 1. The lowest BCUT2D eigenvalue weighted by Gasteiger charge is -2.37.